The SMILES string of the molecule is CCCCCCCCCCCCOc1ccc(OC(=O)c2ccc(CC(C)CC)cc2)cc1. The number of esters is 1. The van der Waals surface area contributed by atoms with Crippen LogP contribution in [0.25, 0.3) is 0 Å². The van der Waals surface area contributed by atoms with E-state index < -0.39 is 0 Å². The summed E-state index contributed by atoms with van der Waals surface area (Å²) in [7, 11) is 0. The van der Waals surface area contributed by atoms with E-state index in [1.54, 1.807) is 12.1 Å². The van der Waals surface area contributed by atoms with Crippen LogP contribution in [-0.2, 0) is 6.42 Å². The van der Waals surface area contributed by atoms with Gasteiger partial charge >= 0.3 is 5.97 Å². The molecule has 0 amide bonds. The summed E-state index contributed by atoms with van der Waals surface area (Å²) in [5.41, 5.74) is 1.83. The Morgan fingerprint density at radius 2 is 1.27 bits per heavy atom. The Hall–Kier alpha value is -2.29. The first-order valence-electron chi connectivity index (χ1n) is 13.2. The van der Waals surface area contributed by atoms with Crippen molar-refractivity contribution in [2.75, 3.05) is 6.61 Å². The molecular weight excluding hydrogens is 408 g/mol. The van der Waals surface area contributed by atoms with Crippen LogP contribution < -0.4 is 9.47 Å². The summed E-state index contributed by atoms with van der Waals surface area (Å²) >= 11 is 0. The molecule has 0 fully saturated rings. The van der Waals surface area contributed by atoms with Gasteiger partial charge in [0.25, 0.3) is 0 Å². The van der Waals surface area contributed by atoms with E-state index in [1.807, 2.05) is 36.4 Å². The molecule has 1 atom stereocenters. The van der Waals surface area contributed by atoms with Crippen molar-refractivity contribution in [3.8, 4) is 11.5 Å². The predicted molar refractivity (Wildman–Crippen MR) is 138 cm³/mol. The summed E-state index contributed by atoms with van der Waals surface area (Å²) in [6, 6.07) is 15.1. The fourth-order valence-electron chi connectivity index (χ4n) is 3.87. The molecule has 0 spiro atoms. The molecule has 0 aliphatic heterocycles. The number of hydrogen-bond donors (Lipinski definition) is 0. The highest BCUT2D eigenvalue weighted by atomic mass is 16.5. The maximum absolute atomic E-state index is 12.4. The standard InChI is InChI=1S/C30H44O3/c1-4-6-7-8-9-10-11-12-13-14-23-32-28-19-21-29(22-20-28)33-30(31)27-17-15-26(16-18-27)24-25(3)5-2/h15-22,25H,4-14,23-24H2,1-3H3. The van der Waals surface area contributed by atoms with E-state index in [0.717, 1.165) is 31.6 Å². The third kappa shape index (κ3) is 11.4. The Balaban J connectivity index is 1.61. The molecule has 0 aliphatic rings. The van der Waals surface area contributed by atoms with Crippen LogP contribution in [0.5, 0.6) is 11.5 Å². The third-order valence-electron chi connectivity index (χ3n) is 6.27. The van der Waals surface area contributed by atoms with Crippen LogP contribution in [0.3, 0.4) is 0 Å². The van der Waals surface area contributed by atoms with E-state index >= 15 is 0 Å². The van der Waals surface area contributed by atoms with E-state index in [-0.39, 0.29) is 5.97 Å². The minimum atomic E-state index is -0.330. The number of rotatable bonds is 17. The van der Waals surface area contributed by atoms with Gasteiger partial charge in [0.05, 0.1) is 12.2 Å². The molecule has 0 bridgehead atoms. The highest BCUT2D eigenvalue weighted by Crippen LogP contribution is 2.20. The van der Waals surface area contributed by atoms with E-state index in [0.29, 0.717) is 17.2 Å². The van der Waals surface area contributed by atoms with Crippen molar-refractivity contribution < 1.29 is 14.3 Å². The summed E-state index contributed by atoms with van der Waals surface area (Å²) in [5.74, 6) is 1.67. The summed E-state index contributed by atoms with van der Waals surface area (Å²) in [6.07, 6.45) is 15.4. The molecule has 0 aliphatic carbocycles. The molecule has 0 aromatic heterocycles. The normalized spacial score (nSPS) is 11.8. The zero-order valence-corrected chi connectivity index (χ0v) is 21.1. The molecule has 0 N–H and O–H groups in total. The van der Waals surface area contributed by atoms with Gasteiger partial charge in [-0.2, -0.15) is 0 Å². The lowest BCUT2D eigenvalue weighted by Crippen LogP contribution is -2.08. The van der Waals surface area contributed by atoms with Crippen molar-refractivity contribution in [3.05, 3.63) is 59.7 Å². The fourth-order valence-corrected chi connectivity index (χ4v) is 3.87. The lowest BCUT2D eigenvalue weighted by molar-refractivity contribution is 0.0734. The van der Waals surface area contributed by atoms with Gasteiger partial charge in [-0.1, -0.05) is 97.1 Å². The Bertz CT molecular complexity index is 764. The van der Waals surface area contributed by atoms with Crippen molar-refractivity contribution in [3.63, 3.8) is 0 Å². The van der Waals surface area contributed by atoms with Crippen molar-refractivity contribution in [2.45, 2.75) is 97.8 Å². The maximum atomic E-state index is 12.4. The molecule has 0 saturated carbocycles. The number of unbranched alkanes of at least 4 members (excludes halogenated alkanes) is 9. The van der Waals surface area contributed by atoms with Crippen molar-refractivity contribution in [1.29, 1.82) is 0 Å². The van der Waals surface area contributed by atoms with Crippen LogP contribution in [-0.4, -0.2) is 12.6 Å². The molecule has 2 rings (SSSR count). The lowest BCUT2D eigenvalue weighted by atomic mass is 9.98. The van der Waals surface area contributed by atoms with Gasteiger partial charge in [-0.05, 0) is 60.7 Å². The molecule has 2 aromatic rings. The highest BCUT2D eigenvalue weighted by molar-refractivity contribution is 5.91. The second kappa shape index (κ2) is 16.3. The van der Waals surface area contributed by atoms with Crippen molar-refractivity contribution >= 4 is 5.97 Å². The Kier molecular flexibility index (Phi) is 13.4. The Morgan fingerprint density at radius 3 is 1.85 bits per heavy atom. The molecular formula is C30H44O3. The lowest BCUT2D eigenvalue weighted by Gasteiger charge is -2.10. The molecule has 182 valence electrons. The predicted octanol–water partition coefficient (Wildman–Crippen LogP) is 8.79. The van der Waals surface area contributed by atoms with Gasteiger partial charge in [-0.25, -0.2) is 4.79 Å². The minimum absolute atomic E-state index is 0.330. The van der Waals surface area contributed by atoms with E-state index in [1.165, 1.54) is 63.4 Å². The first kappa shape index (κ1) is 27.0. The van der Waals surface area contributed by atoms with Crippen LogP contribution in [0, 0.1) is 5.92 Å². The average molecular weight is 453 g/mol. The molecule has 3 heteroatoms. The van der Waals surface area contributed by atoms with Gasteiger partial charge in [0.1, 0.15) is 11.5 Å². The molecule has 0 radical (unpaired) electrons. The largest absolute Gasteiger partial charge is 0.494 e. The first-order valence-corrected chi connectivity index (χ1v) is 13.2. The van der Waals surface area contributed by atoms with Crippen molar-refractivity contribution in [2.24, 2.45) is 5.92 Å². The van der Waals surface area contributed by atoms with E-state index in [2.05, 4.69) is 20.8 Å². The quantitative estimate of drug-likeness (QED) is 0.137. The summed E-state index contributed by atoms with van der Waals surface area (Å²) < 4.78 is 11.4. The summed E-state index contributed by atoms with van der Waals surface area (Å²) in [4.78, 5) is 12.4. The first-order chi connectivity index (χ1) is 16.1. The molecule has 3 nitrogen and oxygen atoms in total. The second-order valence-electron chi connectivity index (χ2n) is 9.31. The second-order valence-corrected chi connectivity index (χ2v) is 9.31. The Labute approximate surface area is 201 Å². The highest BCUT2D eigenvalue weighted by Gasteiger charge is 2.09. The molecule has 0 saturated heterocycles. The maximum Gasteiger partial charge on any atom is 0.343 e. The fraction of sp³-hybridized carbons (Fsp3) is 0.567. The van der Waals surface area contributed by atoms with E-state index in [9.17, 15) is 4.79 Å². The molecule has 0 heterocycles. The van der Waals surface area contributed by atoms with Crippen molar-refractivity contribution in [1.82, 2.24) is 0 Å². The minimum Gasteiger partial charge on any atom is -0.494 e. The summed E-state index contributed by atoms with van der Waals surface area (Å²) in [6.45, 7) is 7.44. The van der Waals surface area contributed by atoms with Gasteiger partial charge in [0.2, 0.25) is 0 Å². The van der Waals surface area contributed by atoms with Gasteiger partial charge in [0.15, 0.2) is 0 Å². The zero-order chi connectivity index (χ0) is 23.7. The number of carbonyl (C=O) groups is 1. The summed E-state index contributed by atoms with van der Waals surface area (Å²) in [5, 5.41) is 0. The van der Waals surface area contributed by atoms with Crippen LogP contribution in [0.1, 0.15) is 107 Å². The Morgan fingerprint density at radius 1 is 0.727 bits per heavy atom. The monoisotopic (exact) mass is 452 g/mol. The van der Waals surface area contributed by atoms with Gasteiger partial charge < -0.3 is 9.47 Å². The van der Waals surface area contributed by atoms with Crippen LogP contribution in [0.4, 0.5) is 0 Å². The van der Waals surface area contributed by atoms with Gasteiger partial charge in [0, 0.05) is 0 Å². The molecule has 2 aromatic carbocycles. The molecule has 33 heavy (non-hydrogen) atoms. The number of ether oxygens (including phenoxy) is 2. The van der Waals surface area contributed by atoms with Crippen LogP contribution in [0.15, 0.2) is 48.5 Å². The smallest absolute Gasteiger partial charge is 0.343 e. The molecule has 1 unspecified atom stereocenters. The zero-order valence-electron chi connectivity index (χ0n) is 21.1. The number of carbonyl (C=O) groups excluding carboxylic acids is 1. The van der Waals surface area contributed by atoms with E-state index in [4.69, 9.17) is 9.47 Å². The third-order valence-corrected chi connectivity index (χ3v) is 6.27. The average Bonchev–Trinajstić information content (AvgIpc) is 2.84. The van der Waals surface area contributed by atoms with Gasteiger partial charge in [-0.3, -0.25) is 0 Å². The number of benzene rings is 2. The topological polar surface area (TPSA) is 35.5 Å². The van der Waals surface area contributed by atoms with Crippen LogP contribution >= 0.6 is 0 Å². The van der Waals surface area contributed by atoms with Crippen LogP contribution in [0.2, 0.25) is 0 Å². The number of hydrogen-bond acceptors (Lipinski definition) is 3. The van der Waals surface area contributed by atoms with Gasteiger partial charge in [-0.15, -0.1) is 0 Å².